The number of hydrogen-bond acceptors (Lipinski definition) is 16. The molecule has 0 radical (unpaired) electrons. The summed E-state index contributed by atoms with van der Waals surface area (Å²) in [5, 5.41) is 29.8. The second-order valence-corrected chi connectivity index (χ2v) is 22.3. The monoisotopic (exact) mass is 1180 g/mol. The molecule has 0 saturated carbocycles. The average molecular weight is 1180 g/mol. The highest BCUT2D eigenvalue weighted by molar-refractivity contribution is 8.16. The third-order valence-electron chi connectivity index (χ3n) is 12.1. The Labute approximate surface area is 476 Å². The van der Waals surface area contributed by atoms with E-state index in [0.717, 1.165) is 69.7 Å². The summed E-state index contributed by atoms with van der Waals surface area (Å²) in [5.74, 6) is 0.748. The summed E-state index contributed by atoms with van der Waals surface area (Å²) in [6.07, 6.45) is -6.04. The van der Waals surface area contributed by atoms with E-state index in [1.165, 1.54) is 24.3 Å². The number of thioether (sulfide) groups is 3. The molecule has 21 heteroatoms. The maximum Gasteiger partial charge on any atom is 0.573 e. The van der Waals surface area contributed by atoms with E-state index in [1.54, 1.807) is 84.9 Å². The number of aliphatic hydroxyl groups is 3. The van der Waals surface area contributed by atoms with Gasteiger partial charge in [-0.15, -0.1) is 13.2 Å². The number of Topliss-reactive ketones (excluding diaryl/α,β-unsaturated/α-hetero) is 3. The Morgan fingerprint density at radius 1 is 0.475 bits per heavy atom. The molecule has 0 aromatic heterocycles. The van der Waals surface area contributed by atoms with Crippen molar-refractivity contribution in [1.82, 2.24) is 0 Å². The van der Waals surface area contributed by atoms with E-state index >= 15 is 0 Å². The van der Waals surface area contributed by atoms with E-state index < -0.39 is 30.5 Å². The molecule has 3 saturated heterocycles. The van der Waals surface area contributed by atoms with E-state index in [9.17, 15) is 61.6 Å². The fraction of sp³-hybridized carbons (Fsp3) is 0.288. The number of carbonyl (C=O) groups excluding carboxylic acids is 6. The Kier molecular flexibility index (Phi) is 23.3. The van der Waals surface area contributed by atoms with E-state index in [4.69, 9.17) is 25.8 Å². The molecule has 80 heavy (non-hydrogen) atoms. The zero-order chi connectivity index (χ0) is 56.6. The van der Waals surface area contributed by atoms with Crippen LogP contribution in [0.5, 0.6) is 23.0 Å². The molecule has 6 unspecified atom stereocenters. The average Bonchev–Trinajstić information content (AvgIpc) is 4.05. The molecule has 13 nitrogen and oxygen atoms in total. The molecule has 0 amide bonds. The van der Waals surface area contributed by atoms with Gasteiger partial charge in [0.25, 0.3) is 0 Å². The molecule has 3 aliphatic rings. The number of carbonyl (C=O) groups is 6. The standard InChI is InChI=1S/C20H17F3O5S.C19H17ClO4S.C19H17FO4S.CH4/c21-20(22,23)28-15-7-3-13(4-8-15)17(25)11-27-14-5-1-12(2-6-14)9-18-16(24)10-19(26)29-18;20-14-5-3-13(4-6-14)17(22)11-24-15-7-1-12(2-8-15)9-18-16(21)10-19(23)25-18;20-15-4-2-1-3-14(15)17(22)11-24-13-7-5-12(6-8-13)9-18-16(21)10-19(23)25-18;/h1-8,17-18,25H,9-11H2;2*1-8,17-18,22H,9-11H2;1H4. The van der Waals surface area contributed by atoms with Gasteiger partial charge in [-0.3, -0.25) is 28.8 Å². The second-order valence-electron chi connectivity index (χ2n) is 18.1. The first-order valence-corrected chi connectivity index (χ1v) is 27.5. The first-order chi connectivity index (χ1) is 37.7. The van der Waals surface area contributed by atoms with Crippen LogP contribution in [0, 0.1) is 5.82 Å². The van der Waals surface area contributed by atoms with Crippen LogP contribution in [0.4, 0.5) is 17.6 Å². The summed E-state index contributed by atoms with van der Waals surface area (Å²) in [4.78, 5) is 68.9. The molecule has 3 fully saturated rings. The van der Waals surface area contributed by atoms with Crippen LogP contribution in [-0.2, 0) is 48.0 Å². The second kappa shape index (κ2) is 29.8. The minimum Gasteiger partial charge on any atom is -0.491 e. The van der Waals surface area contributed by atoms with Gasteiger partial charge in [-0.2, -0.15) is 0 Å². The topological polar surface area (TPSA) is 200 Å². The van der Waals surface area contributed by atoms with Crippen molar-refractivity contribution < 1.29 is 80.6 Å². The fourth-order valence-corrected chi connectivity index (χ4v) is 11.2. The van der Waals surface area contributed by atoms with Crippen LogP contribution in [-0.4, -0.2) is 89.9 Å². The number of rotatable bonds is 19. The SMILES string of the molecule is C.O=C1CC(=O)C(Cc2ccc(OCC(O)c3ccc(Cl)cc3)cc2)S1.O=C1CC(=O)C(Cc2ccc(OCC(O)c3ccc(OC(F)(F)F)cc3)cc2)S1.O=C1CC(=O)C(Cc2ccc(OCC(O)c3ccccc3F)cc2)S1. The molecular formula is C59H55ClF4O13S3. The van der Waals surface area contributed by atoms with Gasteiger partial charge in [-0.05, 0) is 114 Å². The first kappa shape index (κ1) is 62.7. The lowest BCUT2D eigenvalue weighted by atomic mass is 10.1. The minimum atomic E-state index is -4.77. The lowest BCUT2D eigenvalue weighted by molar-refractivity contribution is -0.274. The van der Waals surface area contributed by atoms with E-state index in [-0.39, 0.29) is 106 Å². The Balaban J connectivity index is 0.000000193. The molecule has 0 spiro atoms. The summed E-state index contributed by atoms with van der Waals surface area (Å²) in [7, 11) is 0. The minimum absolute atomic E-state index is 0. The first-order valence-electron chi connectivity index (χ1n) is 24.4. The van der Waals surface area contributed by atoms with E-state index in [0.29, 0.717) is 47.1 Å². The zero-order valence-electron chi connectivity index (χ0n) is 41.7. The van der Waals surface area contributed by atoms with Crippen molar-refractivity contribution >= 4 is 79.6 Å². The molecule has 0 bridgehead atoms. The third-order valence-corrected chi connectivity index (χ3v) is 15.7. The van der Waals surface area contributed by atoms with Crippen molar-refractivity contribution in [3.05, 3.63) is 190 Å². The van der Waals surface area contributed by atoms with Crippen LogP contribution in [0.15, 0.2) is 146 Å². The quantitative estimate of drug-likeness (QED) is 0.0510. The summed E-state index contributed by atoms with van der Waals surface area (Å²) in [5.41, 5.74) is 4.12. The number of ether oxygens (including phenoxy) is 4. The number of hydrogen-bond donors (Lipinski definition) is 3. The Morgan fingerprint density at radius 3 is 1.12 bits per heavy atom. The molecule has 422 valence electrons. The van der Waals surface area contributed by atoms with Gasteiger partial charge in [-0.25, -0.2) is 4.39 Å². The summed E-state index contributed by atoms with van der Waals surface area (Å²) in [6, 6.07) is 39.3. The summed E-state index contributed by atoms with van der Waals surface area (Å²) >= 11 is 9.11. The Hall–Kier alpha value is -6.52. The van der Waals surface area contributed by atoms with Crippen molar-refractivity contribution in [3.63, 3.8) is 0 Å². The van der Waals surface area contributed by atoms with Crippen LogP contribution in [0.2, 0.25) is 5.02 Å². The number of alkyl halides is 3. The summed E-state index contributed by atoms with van der Waals surface area (Å²) < 4.78 is 70.5. The van der Waals surface area contributed by atoms with Crippen molar-refractivity contribution in [3.8, 4) is 23.0 Å². The molecule has 6 aromatic carbocycles. The fourth-order valence-electron chi connectivity index (χ4n) is 7.97. The number of aliphatic hydroxyl groups excluding tert-OH is 3. The number of ketones is 3. The third kappa shape index (κ3) is 19.6. The van der Waals surface area contributed by atoms with Gasteiger partial charge in [-0.1, -0.05) is 133 Å². The van der Waals surface area contributed by atoms with Crippen LogP contribution in [0.25, 0.3) is 0 Å². The summed E-state index contributed by atoms with van der Waals surface area (Å²) in [6.45, 7) is -0.0253. The van der Waals surface area contributed by atoms with Gasteiger partial charge >= 0.3 is 6.36 Å². The lowest BCUT2D eigenvalue weighted by Crippen LogP contribution is -2.17. The lowest BCUT2D eigenvalue weighted by Gasteiger charge is -2.14. The molecule has 3 heterocycles. The largest absolute Gasteiger partial charge is 0.573 e. The molecule has 3 N–H and O–H groups in total. The van der Waals surface area contributed by atoms with E-state index in [2.05, 4.69) is 4.74 Å². The van der Waals surface area contributed by atoms with Crippen molar-refractivity contribution in [2.45, 2.75) is 86.4 Å². The number of halogens is 5. The van der Waals surface area contributed by atoms with Crippen molar-refractivity contribution in [2.24, 2.45) is 0 Å². The van der Waals surface area contributed by atoms with Crippen LogP contribution in [0.1, 0.15) is 78.4 Å². The van der Waals surface area contributed by atoms with Gasteiger partial charge in [0, 0.05) is 10.6 Å². The van der Waals surface area contributed by atoms with Gasteiger partial charge in [0.2, 0.25) is 0 Å². The maximum atomic E-state index is 13.6. The van der Waals surface area contributed by atoms with Crippen molar-refractivity contribution in [2.75, 3.05) is 19.8 Å². The molecular weight excluding hydrogens is 1120 g/mol. The molecule has 9 rings (SSSR count). The molecule has 0 aliphatic carbocycles. The highest BCUT2D eigenvalue weighted by Crippen LogP contribution is 2.32. The highest BCUT2D eigenvalue weighted by atomic mass is 35.5. The predicted molar refractivity (Wildman–Crippen MR) is 298 cm³/mol. The van der Waals surface area contributed by atoms with E-state index in [1.807, 2.05) is 24.3 Å². The van der Waals surface area contributed by atoms with Gasteiger partial charge in [0.1, 0.15) is 66.9 Å². The normalized spacial score (nSPS) is 18.0. The van der Waals surface area contributed by atoms with Gasteiger partial charge in [0.05, 0.1) is 35.0 Å². The van der Waals surface area contributed by atoms with Gasteiger partial charge in [0.15, 0.2) is 32.7 Å². The Bertz CT molecular complexity index is 3060. The van der Waals surface area contributed by atoms with Crippen LogP contribution < -0.4 is 18.9 Å². The zero-order valence-corrected chi connectivity index (χ0v) is 44.9. The van der Waals surface area contributed by atoms with Gasteiger partial charge < -0.3 is 34.3 Å². The Morgan fingerprint density at radius 2 is 0.800 bits per heavy atom. The molecule has 6 aromatic rings. The van der Waals surface area contributed by atoms with Crippen LogP contribution in [0.3, 0.4) is 0 Å². The molecule has 6 atom stereocenters. The van der Waals surface area contributed by atoms with Crippen molar-refractivity contribution in [1.29, 1.82) is 0 Å². The van der Waals surface area contributed by atoms with Crippen LogP contribution >= 0.6 is 46.9 Å². The maximum absolute atomic E-state index is 13.6. The predicted octanol–water partition coefficient (Wildman–Crippen LogP) is 11.2. The molecule has 3 aliphatic heterocycles. The highest BCUT2D eigenvalue weighted by Gasteiger charge is 2.34. The smallest absolute Gasteiger partial charge is 0.491 e. The number of benzene rings is 6.